The van der Waals surface area contributed by atoms with Crippen molar-refractivity contribution in [3.05, 3.63) is 108 Å². The number of rotatable bonds is 29. The van der Waals surface area contributed by atoms with Crippen molar-refractivity contribution < 1.29 is 57.8 Å². The number of nitrogens with one attached hydrogen (secondary N) is 13. The van der Waals surface area contributed by atoms with Crippen LogP contribution in [0.5, 0.6) is 0 Å². The minimum atomic E-state index is -1.73. The molecule has 8 atom stereocenters. The highest BCUT2D eigenvalue weighted by molar-refractivity contribution is 5.99. The van der Waals surface area contributed by atoms with E-state index in [4.69, 9.17) is 5.73 Å². The minimum absolute atomic E-state index is 0.0806. The predicted octanol–water partition coefficient (Wildman–Crippen LogP) is -2.70. The smallest absolute Gasteiger partial charge is 0.245 e. The van der Waals surface area contributed by atoms with Crippen LogP contribution in [0.15, 0.2) is 86.0 Å². The molecule has 2 fully saturated rings. The molecule has 0 spiro atoms. The Morgan fingerprint density at radius 3 is 1.66 bits per heavy atom. The predicted molar refractivity (Wildman–Crippen MR) is 308 cm³/mol. The maximum absolute atomic E-state index is 14.5. The van der Waals surface area contributed by atoms with Crippen molar-refractivity contribution in [2.75, 3.05) is 26.2 Å². The molecule has 8 unspecified atom stereocenters. The third-order valence-corrected chi connectivity index (χ3v) is 14.9. The first-order valence-corrected chi connectivity index (χ1v) is 28.2. The molecule has 29 nitrogen and oxygen atoms in total. The van der Waals surface area contributed by atoms with E-state index in [2.05, 4.69) is 77.8 Å². The van der Waals surface area contributed by atoms with Gasteiger partial charge in [-0.1, -0.05) is 50.2 Å². The number of aliphatic hydroxyl groups is 1. The van der Waals surface area contributed by atoms with E-state index in [0.717, 1.165) is 16.4 Å². The second kappa shape index (κ2) is 29.1. The van der Waals surface area contributed by atoms with E-state index < -0.39 is 127 Å². The van der Waals surface area contributed by atoms with Gasteiger partial charge in [0, 0.05) is 96.6 Å². The normalized spacial score (nSPS) is 16.9. The summed E-state index contributed by atoms with van der Waals surface area (Å²) < 4.78 is 0. The van der Waals surface area contributed by atoms with E-state index in [1.165, 1.54) is 29.9 Å². The average molecular weight is 1190 g/mol. The van der Waals surface area contributed by atoms with Crippen LogP contribution in [-0.4, -0.2) is 179 Å². The summed E-state index contributed by atoms with van der Waals surface area (Å²) in [4.78, 5) is 171. The summed E-state index contributed by atoms with van der Waals surface area (Å²) in [6.07, 6.45) is 9.60. The molecular weight excluding hydrogens is 1110 g/mol. The van der Waals surface area contributed by atoms with Gasteiger partial charge in [-0.2, -0.15) is 0 Å². The number of amides is 11. The molecule has 29 heteroatoms. The van der Waals surface area contributed by atoms with Gasteiger partial charge in [0.05, 0.1) is 32.4 Å². The average Bonchev–Trinajstić information content (AvgIpc) is 4.30. The van der Waals surface area contributed by atoms with Gasteiger partial charge in [0.25, 0.3) is 0 Å². The standard InChI is InChI=1S/C57H71N17O12/c1-30(2)16-44(57(86)74-15-7-12-46(74)56(85)63-25-47(58)76)72-52(81)40(17-31-21-61-37-10-5-3-8-35(31)37)68-49(78)26-64-50(79)42(19-33-23-59-28-65-33)70-55(84)45(27-75)73-53(82)41(18-32-22-62-38-11-6-4-9-36(32)38)69-54(83)43(20-34-24-60-29-66-34)71-51(80)39-13-14-48(77)67-39/h3-6,8-11,21-24,28-30,39-46,61-62,75H,7,12-20,25-27H2,1-2H3,(H2,58,76)(H,59,65)(H,60,66)(H,63,85)(H,64,79)(H,67,77)(H,68,78)(H,69,83)(H,70,84)(H,71,80)(H,72,81)(H,73,82). The van der Waals surface area contributed by atoms with Gasteiger partial charge < -0.3 is 83.5 Å². The maximum atomic E-state index is 14.5. The van der Waals surface area contributed by atoms with Crippen LogP contribution in [0.4, 0.5) is 0 Å². The van der Waals surface area contributed by atoms with Gasteiger partial charge in [-0.25, -0.2) is 9.97 Å². The highest BCUT2D eigenvalue weighted by atomic mass is 16.3. The maximum Gasteiger partial charge on any atom is 0.245 e. The van der Waals surface area contributed by atoms with Gasteiger partial charge in [-0.05, 0) is 54.9 Å². The summed E-state index contributed by atoms with van der Waals surface area (Å²) in [5.74, 6) is -8.23. The number of nitrogens with zero attached hydrogens (tertiary/aromatic N) is 3. The first kappa shape index (κ1) is 62.1. The molecule has 4 aromatic heterocycles. The van der Waals surface area contributed by atoms with Crippen LogP contribution >= 0.6 is 0 Å². The fourth-order valence-corrected chi connectivity index (χ4v) is 10.5. The number of likely N-dealkylation sites (tertiary alicyclic amines) is 1. The van der Waals surface area contributed by atoms with E-state index in [0.29, 0.717) is 40.7 Å². The number of carbonyl (C=O) groups is 11. The molecule has 6 heterocycles. The molecule has 2 aliphatic heterocycles. The van der Waals surface area contributed by atoms with Crippen molar-refractivity contribution in [1.29, 1.82) is 0 Å². The number of hydrogen-bond acceptors (Lipinski definition) is 14. The second-order valence-electron chi connectivity index (χ2n) is 21.7. The Hall–Kier alpha value is -9.93. The van der Waals surface area contributed by atoms with E-state index in [1.54, 1.807) is 36.7 Å². The van der Waals surface area contributed by atoms with Gasteiger partial charge in [0.1, 0.15) is 48.3 Å². The van der Waals surface area contributed by atoms with Crippen molar-refractivity contribution in [3.8, 4) is 0 Å². The number of aromatic nitrogens is 6. The Kier molecular flexibility index (Phi) is 21.0. The third kappa shape index (κ3) is 16.4. The van der Waals surface area contributed by atoms with E-state index in [-0.39, 0.29) is 63.3 Å². The topological polar surface area (TPSA) is 434 Å². The number of primary amides is 1. The number of aromatic amines is 4. The van der Waals surface area contributed by atoms with E-state index in [9.17, 15) is 57.8 Å². The number of para-hydroxylation sites is 2. The van der Waals surface area contributed by atoms with Crippen molar-refractivity contribution in [1.82, 2.24) is 82.7 Å². The molecule has 2 saturated heterocycles. The van der Waals surface area contributed by atoms with Crippen molar-refractivity contribution in [2.45, 2.75) is 120 Å². The zero-order valence-electron chi connectivity index (χ0n) is 47.3. The third-order valence-electron chi connectivity index (χ3n) is 14.9. The van der Waals surface area contributed by atoms with Gasteiger partial charge in [-0.3, -0.25) is 52.7 Å². The van der Waals surface area contributed by atoms with E-state index >= 15 is 0 Å². The number of aliphatic hydroxyl groups excluding tert-OH is 1. The van der Waals surface area contributed by atoms with Crippen LogP contribution in [0.1, 0.15) is 68.5 Å². The zero-order chi connectivity index (χ0) is 61.4. The summed E-state index contributed by atoms with van der Waals surface area (Å²) in [6.45, 7) is 1.76. The summed E-state index contributed by atoms with van der Waals surface area (Å²) >= 11 is 0. The Morgan fingerprint density at radius 1 is 0.616 bits per heavy atom. The number of carbonyl (C=O) groups excluding carboxylic acids is 11. The molecule has 456 valence electrons. The van der Waals surface area contributed by atoms with Crippen molar-refractivity contribution in [2.24, 2.45) is 11.7 Å². The fourth-order valence-electron chi connectivity index (χ4n) is 10.5. The van der Waals surface area contributed by atoms with E-state index in [1.807, 2.05) is 38.1 Å². The van der Waals surface area contributed by atoms with Gasteiger partial charge >= 0.3 is 0 Å². The number of benzene rings is 2. The monoisotopic (exact) mass is 1190 g/mol. The van der Waals surface area contributed by atoms with Crippen LogP contribution in [0.2, 0.25) is 0 Å². The first-order chi connectivity index (χ1) is 41.3. The Balaban J connectivity index is 0.963. The van der Waals surface area contributed by atoms with Crippen molar-refractivity contribution in [3.63, 3.8) is 0 Å². The van der Waals surface area contributed by atoms with Crippen molar-refractivity contribution >= 4 is 86.8 Å². The molecule has 2 aliphatic rings. The molecule has 11 amide bonds. The molecule has 0 aliphatic carbocycles. The molecule has 6 aromatic rings. The molecule has 0 bridgehead atoms. The number of H-pyrrole nitrogens is 4. The molecule has 0 saturated carbocycles. The lowest BCUT2D eigenvalue weighted by atomic mass is 10.00. The molecule has 2 aromatic carbocycles. The fraction of sp³-hybridized carbons (Fsp3) is 0.421. The van der Waals surface area contributed by atoms with Crippen LogP contribution in [0, 0.1) is 5.92 Å². The molecule has 86 heavy (non-hydrogen) atoms. The van der Waals surface area contributed by atoms with Crippen LogP contribution < -0.4 is 53.6 Å². The minimum Gasteiger partial charge on any atom is -0.394 e. The van der Waals surface area contributed by atoms with Gasteiger partial charge in [0.15, 0.2) is 0 Å². The van der Waals surface area contributed by atoms with Crippen LogP contribution in [-0.2, 0) is 78.4 Å². The molecule has 8 rings (SSSR count). The Labute approximate surface area is 492 Å². The SMILES string of the molecule is CC(C)CC(NC(=O)C(Cc1c[nH]c2ccccc12)NC(=O)CNC(=O)C(Cc1cnc[nH]1)NC(=O)C(CO)NC(=O)C(Cc1c[nH]c2ccccc12)NC(=O)C(Cc1cnc[nH]1)NC(=O)C1CCC(=O)N1)C(=O)N1CCCC1C(=O)NCC(N)=O. The lowest BCUT2D eigenvalue weighted by molar-refractivity contribution is -0.142. The molecular formula is C57H71N17O12. The Bertz CT molecular complexity index is 3410. The quantitative estimate of drug-likeness (QED) is 0.0227. The zero-order valence-corrected chi connectivity index (χ0v) is 47.3. The number of nitrogens with two attached hydrogens (primary N) is 1. The number of hydrogen-bond donors (Lipinski definition) is 15. The lowest BCUT2D eigenvalue weighted by Crippen LogP contribution is -2.60. The number of imidazole rings is 2. The summed E-state index contributed by atoms with van der Waals surface area (Å²) in [6, 6.07) is 4.21. The highest BCUT2D eigenvalue weighted by Gasteiger charge is 2.40. The van der Waals surface area contributed by atoms with Gasteiger partial charge in [-0.15, -0.1) is 0 Å². The largest absolute Gasteiger partial charge is 0.394 e. The summed E-state index contributed by atoms with van der Waals surface area (Å²) in [5.41, 5.74) is 8.75. The Morgan fingerprint density at radius 2 is 1.14 bits per heavy atom. The lowest BCUT2D eigenvalue weighted by Gasteiger charge is -2.30. The number of fused-ring (bicyclic) bond motifs is 2. The summed E-state index contributed by atoms with van der Waals surface area (Å²) in [7, 11) is 0. The molecule has 0 radical (unpaired) electrons. The van der Waals surface area contributed by atoms with Crippen LogP contribution in [0.3, 0.4) is 0 Å². The highest BCUT2D eigenvalue weighted by Crippen LogP contribution is 2.23. The van der Waals surface area contributed by atoms with Crippen LogP contribution in [0.25, 0.3) is 21.8 Å². The van der Waals surface area contributed by atoms with Gasteiger partial charge in [0.2, 0.25) is 65.0 Å². The second-order valence-corrected chi connectivity index (χ2v) is 21.7. The molecule has 16 N–H and O–H groups in total. The first-order valence-electron chi connectivity index (χ1n) is 28.2. The summed E-state index contributed by atoms with van der Waals surface area (Å²) in [5, 5.41) is 35.6.